The Morgan fingerprint density at radius 3 is 2.50 bits per heavy atom. The molecule has 1 saturated heterocycles. The van der Waals surface area contributed by atoms with Gasteiger partial charge in [-0.1, -0.05) is 0 Å². The van der Waals surface area contributed by atoms with Crippen LogP contribution in [0.5, 0.6) is 0 Å². The molecule has 0 aliphatic carbocycles. The van der Waals surface area contributed by atoms with Gasteiger partial charge in [0.2, 0.25) is 10.0 Å². The molecule has 0 aromatic heterocycles. The van der Waals surface area contributed by atoms with Gasteiger partial charge in [-0.05, 0) is 44.5 Å². The highest BCUT2D eigenvalue weighted by atomic mass is 32.2. The van der Waals surface area contributed by atoms with E-state index in [1.54, 1.807) is 19.1 Å². The Morgan fingerprint density at radius 2 is 1.95 bits per heavy atom. The van der Waals surface area contributed by atoms with Crippen LogP contribution in [-0.2, 0) is 14.8 Å². The molecular weight excluding hydrogens is 276 g/mol. The maximum atomic E-state index is 11.5. The largest absolute Gasteiger partial charge is 0.382 e. The van der Waals surface area contributed by atoms with Gasteiger partial charge in [0.15, 0.2) is 0 Å². The van der Waals surface area contributed by atoms with Crippen LogP contribution in [0.15, 0.2) is 24.3 Å². The minimum Gasteiger partial charge on any atom is -0.382 e. The van der Waals surface area contributed by atoms with Crippen molar-refractivity contribution in [2.45, 2.75) is 26.3 Å². The van der Waals surface area contributed by atoms with E-state index >= 15 is 0 Å². The van der Waals surface area contributed by atoms with Gasteiger partial charge in [0.1, 0.15) is 0 Å². The number of hydrogen-bond donors (Lipinski definition) is 2. The van der Waals surface area contributed by atoms with Gasteiger partial charge in [0, 0.05) is 29.9 Å². The molecule has 6 heteroatoms. The van der Waals surface area contributed by atoms with E-state index < -0.39 is 10.0 Å². The van der Waals surface area contributed by atoms with Crippen molar-refractivity contribution in [1.82, 2.24) is 0 Å². The van der Waals surface area contributed by atoms with Crippen molar-refractivity contribution in [2.75, 3.05) is 29.0 Å². The number of sulfonamides is 1. The smallest absolute Gasteiger partial charge is 0.232 e. The Balaban J connectivity index is 1.94. The Bertz CT molecular complexity index is 522. The molecule has 1 heterocycles. The molecule has 1 fully saturated rings. The lowest BCUT2D eigenvalue weighted by Crippen LogP contribution is -2.26. The average molecular weight is 298 g/mol. The predicted molar refractivity (Wildman–Crippen MR) is 81.5 cm³/mol. The zero-order valence-electron chi connectivity index (χ0n) is 11.9. The molecule has 1 aliphatic rings. The van der Waals surface area contributed by atoms with Gasteiger partial charge in [0.25, 0.3) is 0 Å². The van der Waals surface area contributed by atoms with Gasteiger partial charge in [-0.3, -0.25) is 4.72 Å². The van der Waals surface area contributed by atoms with Gasteiger partial charge >= 0.3 is 0 Å². The summed E-state index contributed by atoms with van der Waals surface area (Å²) in [5.41, 5.74) is 1.58. The summed E-state index contributed by atoms with van der Waals surface area (Å²) in [5, 5.41) is 3.43. The van der Waals surface area contributed by atoms with Crippen molar-refractivity contribution in [1.29, 1.82) is 0 Å². The van der Waals surface area contributed by atoms with Crippen LogP contribution in [0.3, 0.4) is 0 Å². The highest BCUT2D eigenvalue weighted by Gasteiger charge is 2.21. The van der Waals surface area contributed by atoms with Gasteiger partial charge in [-0.25, -0.2) is 8.42 Å². The molecule has 1 aromatic carbocycles. The van der Waals surface area contributed by atoms with Crippen LogP contribution in [0.25, 0.3) is 0 Å². The maximum Gasteiger partial charge on any atom is 0.232 e. The Kier molecular flexibility index (Phi) is 4.88. The molecule has 0 amide bonds. The van der Waals surface area contributed by atoms with Crippen LogP contribution in [-0.4, -0.2) is 33.4 Å². The van der Waals surface area contributed by atoms with E-state index in [0.29, 0.717) is 17.6 Å². The predicted octanol–water partition coefficient (Wildman–Crippen LogP) is 2.29. The molecule has 0 saturated carbocycles. The summed E-state index contributed by atoms with van der Waals surface area (Å²) in [6.07, 6.45) is 1.09. The average Bonchev–Trinajstić information content (AvgIpc) is 2.95. The van der Waals surface area contributed by atoms with Crippen LogP contribution in [0.2, 0.25) is 0 Å². The molecule has 1 aromatic rings. The molecule has 5 nitrogen and oxygen atoms in total. The zero-order valence-corrected chi connectivity index (χ0v) is 12.7. The molecule has 112 valence electrons. The van der Waals surface area contributed by atoms with Crippen molar-refractivity contribution in [3.05, 3.63) is 24.3 Å². The van der Waals surface area contributed by atoms with E-state index in [2.05, 4.69) is 17.0 Å². The molecule has 2 atom stereocenters. The summed E-state index contributed by atoms with van der Waals surface area (Å²) in [6.45, 7) is 5.41. The van der Waals surface area contributed by atoms with E-state index in [1.807, 2.05) is 12.1 Å². The molecule has 1 aliphatic heterocycles. The highest BCUT2D eigenvalue weighted by molar-refractivity contribution is 7.92. The van der Waals surface area contributed by atoms with Gasteiger partial charge < -0.3 is 10.1 Å². The SMILES string of the molecule is CCS(=O)(=O)Nc1ccc(NC(C)C2CCOC2)cc1. The van der Waals surface area contributed by atoms with Gasteiger partial charge in [-0.2, -0.15) is 0 Å². The molecule has 2 unspecified atom stereocenters. The third-order valence-corrected chi connectivity index (χ3v) is 4.91. The molecule has 0 radical (unpaired) electrons. The van der Waals surface area contributed by atoms with Crippen molar-refractivity contribution in [3.8, 4) is 0 Å². The van der Waals surface area contributed by atoms with Crippen molar-refractivity contribution in [2.24, 2.45) is 5.92 Å². The van der Waals surface area contributed by atoms with E-state index in [9.17, 15) is 8.42 Å². The fourth-order valence-corrected chi connectivity index (χ4v) is 2.85. The third kappa shape index (κ3) is 4.11. The van der Waals surface area contributed by atoms with Crippen LogP contribution < -0.4 is 10.0 Å². The topological polar surface area (TPSA) is 67.4 Å². The fraction of sp³-hybridized carbons (Fsp3) is 0.571. The summed E-state index contributed by atoms with van der Waals surface area (Å²) in [5.74, 6) is 0.611. The highest BCUT2D eigenvalue weighted by Crippen LogP contribution is 2.21. The van der Waals surface area contributed by atoms with Crippen LogP contribution in [0, 0.1) is 5.92 Å². The van der Waals surface area contributed by atoms with Gasteiger partial charge in [-0.15, -0.1) is 0 Å². The molecule has 2 rings (SSSR count). The van der Waals surface area contributed by atoms with E-state index in [1.165, 1.54) is 0 Å². The minimum absolute atomic E-state index is 0.0751. The Labute approximate surface area is 120 Å². The quantitative estimate of drug-likeness (QED) is 0.845. The summed E-state index contributed by atoms with van der Waals surface area (Å²) in [6, 6.07) is 7.66. The Morgan fingerprint density at radius 1 is 1.30 bits per heavy atom. The first-order valence-electron chi connectivity index (χ1n) is 6.95. The number of benzene rings is 1. The molecular formula is C14H22N2O3S. The normalized spacial score (nSPS) is 20.6. The fourth-order valence-electron chi connectivity index (χ4n) is 2.21. The lowest BCUT2D eigenvalue weighted by Gasteiger charge is -2.20. The van der Waals surface area contributed by atoms with Gasteiger partial charge in [0.05, 0.1) is 12.4 Å². The molecule has 2 N–H and O–H groups in total. The van der Waals surface area contributed by atoms with E-state index in [0.717, 1.165) is 25.3 Å². The van der Waals surface area contributed by atoms with Crippen molar-refractivity contribution in [3.63, 3.8) is 0 Å². The van der Waals surface area contributed by atoms with Crippen LogP contribution in [0.1, 0.15) is 20.3 Å². The summed E-state index contributed by atoms with van der Waals surface area (Å²) in [7, 11) is -3.21. The van der Waals surface area contributed by atoms with E-state index in [4.69, 9.17) is 4.74 Å². The molecule has 20 heavy (non-hydrogen) atoms. The first kappa shape index (κ1) is 15.1. The number of anilines is 2. The van der Waals surface area contributed by atoms with Crippen molar-refractivity contribution < 1.29 is 13.2 Å². The van der Waals surface area contributed by atoms with Crippen LogP contribution in [0.4, 0.5) is 11.4 Å². The maximum absolute atomic E-state index is 11.5. The second-order valence-corrected chi connectivity index (χ2v) is 7.15. The summed E-state index contributed by atoms with van der Waals surface area (Å²) in [4.78, 5) is 0. The monoisotopic (exact) mass is 298 g/mol. The second kappa shape index (κ2) is 6.45. The summed E-state index contributed by atoms with van der Waals surface area (Å²) >= 11 is 0. The number of nitrogens with one attached hydrogen (secondary N) is 2. The van der Waals surface area contributed by atoms with E-state index in [-0.39, 0.29) is 5.75 Å². The number of rotatable bonds is 6. The zero-order chi connectivity index (χ0) is 14.6. The van der Waals surface area contributed by atoms with Crippen molar-refractivity contribution >= 4 is 21.4 Å². The summed E-state index contributed by atoms with van der Waals surface area (Å²) < 4.78 is 30.8. The number of hydrogen-bond acceptors (Lipinski definition) is 4. The molecule has 0 spiro atoms. The first-order valence-corrected chi connectivity index (χ1v) is 8.60. The first-order chi connectivity index (χ1) is 9.50. The lowest BCUT2D eigenvalue weighted by atomic mass is 10.0. The standard InChI is InChI=1S/C14H22N2O3S/c1-3-20(17,18)16-14-6-4-13(5-7-14)15-11(2)12-8-9-19-10-12/h4-7,11-12,15-16H,3,8-10H2,1-2H3. The Hall–Kier alpha value is -1.27. The molecule has 0 bridgehead atoms. The third-order valence-electron chi connectivity index (χ3n) is 3.60. The lowest BCUT2D eigenvalue weighted by molar-refractivity contribution is 0.183. The second-order valence-electron chi connectivity index (χ2n) is 5.14. The number of ether oxygens (including phenoxy) is 1. The minimum atomic E-state index is -3.21. The van der Waals surface area contributed by atoms with Crippen LogP contribution >= 0.6 is 0 Å².